The van der Waals surface area contributed by atoms with E-state index in [4.69, 9.17) is 34.6 Å². The standard InChI is InChI=1S/C28H33F2N7O.C26H29F2N7S/c1-18-15-37(16-19(2)38-18)27-24-23(6-8-31-27)34(3)26-25(24)32-17-33-28(26)36-12-10-35(11-13-36)9-7-20-4-5-21(29)22(30)14-20;1-32-21-4-6-29-25(35-12-14-36-15-13-35)22(21)23-24(32)26(31-17-30-23)34-10-8-33(9-11-34)7-5-18-2-3-19(27)20(28)16-18/h4-6,8,14,17-19H,7,9-13,15-16H2,1-3H3;2-4,6,16-17H,5,7-15H2,1H3. The first-order valence-electron chi connectivity index (χ1n) is 25.7. The Morgan fingerprint density at radius 2 is 0.932 bits per heavy atom. The van der Waals surface area contributed by atoms with Crippen LogP contribution in [-0.2, 0) is 31.7 Å². The van der Waals surface area contributed by atoms with Gasteiger partial charge in [-0.15, -0.1) is 0 Å². The number of thioether (sulfide) groups is 1. The predicted octanol–water partition coefficient (Wildman–Crippen LogP) is 7.49. The molecule has 0 saturated carbocycles. The van der Waals surface area contributed by atoms with Crippen molar-refractivity contribution in [1.82, 2.24) is 48.8 Å². The van der Waals surface area contributed by atoms with Crippen LogP contribution in [0.4, 0.5) is 40.8 Å². The molecule has 10 heterocycles. The molecule has 0 amide bonds. The molecule has 12 rings (SSSR count). The predicted molar refractivity (Wildman–Crippen MR) is 287 cm³/mol. The van der Waals surface area contributed by atoms with Gasteiger partial charge in [0.2, 0.25) is 0 Å². The fraction of sp³-hybridized carbons (Fsp3) is 0.444. The molecular formula is C54H62F4N14OS. The molecule has 0 spiro atoms. The number of nitrogens with zero attached hydrogens (tertiary/aromatic N) is 14. The van der Waals surface area contributed by atoms with Gasteiger partial charge in [0.25, 0.3) is 0 Å². The quantitative estimate of drug-likeness (QED) is 0.126. The second-order valence-corrected chi connectivity index (χ2v) is 21.1. The van der Waals surface area contributed by atoms with Gasteiger partial charge >= 0.3 is 0 Å². The maximum absolute atomic E-state index is 13.6. The van der Waals surface area contributed by atoms with Crippen molar-refractivity contribution in [2.24, 2.45) is 14.1 Å². The van der Waals surface area contributed by atoms with Crippen LogP contribution in [0.5, 0.6) is 0 Å². The molecule has 2 aromatic carbocycles. The number of hydrogen-bond donors (Lipinski definition) is 0. The number of aryl methyl sites for hydroxylation is 2. The Morgan fingerprint density at radius 1 is 0.500 bits per heavy atom. The van der Waals surface area contributed by atoms with Crippen LogP contribution >= 0.6 is 11.8 Å². The minimum absolute atomic E-state index is 0.134. The zero-order valence-electron chi connectivity index (χ0n) is 42.4. The SMILES string of the molecule is CC1CN(c2nccc3c2c2ncnc(N4CCN(CCc5ccc(F)c(F)c5)CC4)c2n3C)CC(C)O1.Cn1c2ccnc(N3CCSCC3)c2c2ncnc(N3CCN(CCc4ccc(F)c(F)c4)CC3)c21. The molecule has 4 aliphatic heterocycles. The van der Waals surface area contributed by atoms with Crippen LogP contribution in [-0.4, -0.2) is 164 Å². The van der Waals surface area contributed by atoms with Gasteiger partial charge in [-0.25, -0.2) is 47.5 Å². The summed E-state index contributed by atoms with van der Waals surface area (Å²) in [5, 5.41) is 2.16. The Bertz CT molecular complexity index is 3290. The molecule has 4 aliphatic rings. The summed E-state index contributed by atoms with van der Waals surface area (Å²) in [5.41, 5.74) is 7.78. The third-order valence-electron chi connectivity index (χ3n) is 15.1. The Kier molecular flexibility index (Phi) is 14.5. The van der Waals surface area contributed by atoms with E-state index >= 15 is 0 Å². The number of benzene rings is 2. The van der Waals surface area contributed by atoms with Crippen molar-refractivity contribution in [1.29, 1.82) is 0 Å². The lowest BCUT2D eigenvalue weighted by molar-refractivity contribution is -0.00536. The maximum atomic E-state index is 13.6. The summed E-state index contributed by atoms with van der Waals surface area (Å²) < 4.78 is 63.9. The number of piperazine rings is 2. The molecule has 2 unspecified atom stereocenters. The van der Waals surface area contributed by atoms with Crippen molar-refractivity contribution < 1.29 is 22.3 Å². The second kappa shape index (κ2) is 21.5. The molecule has 0 N–H and O–H groups in total. The fourth-order valence-electron chi connectivity index (χ4n) is 11.3. The number of rotatable bonds is 10. The molecule has 4 fully saturated rings. The summed E-state index contributed by atoms with van der Waals surface area (Å²) in [6.45, 7) is 16.3. The number of anilines is 4. The number of morpholine rings is 1. The van der Waals surface area contributed by atoms with Crippen LogP contribution in [0.2, 0.25) is 0 Å². The molecule has 15 nitrogen and oxygen atoms in total. The Morgan fingerprint density at radius 3 is 1.38 bits per heavy atom. The zero-order valence-corrected chi connectivity index (χ0v) is 43.2. The Labute approximate surface area is 432 Å². The van der Waals surface area contributed by atoms with Crippen LogP contribution in [0.3, 0.4) is 0 Å². The summed E-state index contributed by atoms with van der Waals surface area (Å²) in [5.74, 6) is 2.92. The Hall–Kier alpha value is -6.35. The number of hydrogen-bond acceptors (Lipinski definition) is 14. The zero-order chi connectivity index (χ0) is 51.0. The normalized spacial score (nSPS) is 19.3. The molecule has 0 bridgehead atoms. The van der Waals surface area contributed by atoms with E-state index in [9.17, 15) is 17.6 Å². The van der Waals surface area contributed by atoms with E-state index in [0.29, 0.717) is 12.8 Å². The molecule has 20 heteroatoms. The Balaban J connectivity index is 0.000000159. The first kappa shape index (κ1) is 49.8. The van der Waals surface area contributed by atoms with Gasteiger partial charge in [-0.3, -0.25) is 9.80 Å². The first-order chi connectivity index (χ1) is 36.0. The van der Waals surface area contributed by atoms with Gasteiger partial charge in [-0.05, 0) is 74.2 Å². The monoisotopic (exact) mass is 1030 g/mol. The highest BCUT2D eigenvalue weighted by Gasteiger charge is 2.30. The van der Waals surface area contributed by atoms with E-state index < -0.39 is 23.3 Å². The molecule has 6 aromatic heterocycles. The number of ether oxygens (including phenoxy) is 1. The third kappa shape index (κ3) is 10.00. The lowest BCUT2D eigenvalue weighted by atomic mass is 10.1. The van der Waals surface area contributed by atoms with E-state index in [0.717, 1.165) is 181 Å². The van der Waals surface area contributed by atoms with Gasteiger partial charge in [0.05, 0.1) is 34.0 Å². The van der Waals surface area contributed by atoms with Gasteiger partial charge in [0.1, 0.15) is 46.4 Å². The third-order valence-corrected chi connectivity index (χ3v) is 16.0. The second-order valence-electron chi connectivity index (χ2n) is 19.9. The summed E-state index contributed by atoms with van der Waals surface area (Å²) in [4.78, 5) is 42.6. The highest BCUT2D eigenvalue weighted by molar-refractivity contribution is 7.99. The van der Waals surface area contributed by atoms with E-state index in [1.165, 1.54) is 24.3 Å². The van der Waals surface area contributed by atoms with Crippen LogP contribution in [0, 0.1) is 23.3 Å². The number of pyridine rings is 2. The first-order valence-corrected chi connectivity index (χ1v) is 26.9. The molecule has 0 aliphatic carbocycles. The summed E-state index contributed by atoms with van der Waals surface area (Å²) in [7, 11) is 4.16. The smallest absolute Gasteiger partial charge is 0.159 e. The molecular weight excluding hydrogens is 969 g/mol. The van der Waals surface area contributed by atoms with E-state index in [1.54, 1.807) is 24.8 Å². The lowest BCUT2D eigenvalue weighted by Crippen LogP contribution is -2.47. The molecule has 388 valence electrons. The van der Waals surface area contributed by atoms with Crippen LogP contribution < -0.4 is 19.6 Å². The summed E-state index contributed by atoms with van der Waals surface area (Å²) in [6.07, 6.45) is 8.76. The van der Waals surface area contributed by atoms with Crippen molar-refractivity contribution in [2.45, 2.75) is 38.9 Å². The van der Waals surface area contributed by atoms with Gasteiger partial charge in [0.15, 0.2) is 34.9 Å². The van der Waals surface area contributed by atoms with Crippen LogP contribution in [0.15, 0.2) is 73.6 Å². The molecule has 8 aromatic rings. The fourth-order valence-corrected chi connectivity index (χ4v) is 12.2. The molecule has 4 saturated heterocycles. The van der Waals surface area contributed by atoms with Gasteiger partial charge in [-0.1, -0.05) is 12.1 Å². The highest BCUT2D eigenvalue weighted by Crippen LogP contribution is 2.39. The van der Waals surface area contributed by atoms with E-state index in [1.807, 2.05) is 30.2 Å². The average Bonchev–Trinajstić information content (AvgIpc) is 3.90. The highest BCUT2D eigenvalue weighted by atomic mass is 32.2. The summed E-state index contributed by atoms with van der Waals surface area (Å²) >= 11 is 1.99. The number of fused-ring (bicyclic) bond motifs is 6. The van der Waals surface area contributed by atoms with Gasteiger partial charge in [-0.2, -0.15) is 11.8 Å². The molecule has 0 radical (unpaired) electrons. The van der Waals surface area contributed by atoms with Gasteiger partial charge in [0, 0.05) is 130 Å². The minimum Gasteiger partial charge on any atom is -0.372 e. The van der Waals surface area contributed by atoms with Crippen molar-refractivity contribution >= 4 is 78.9 Å². The van der Waals surface area contributed by atoms with Crippen molar-refractivity contribution in [3.63, 3.8) is 0 Å². The van der Waals surface area contributed by atoms with E-state index in [-0.39, 0.29) is 12.2 Å². The average molecular weight is 1030 g/mol. The van der Waals surface area contributed by atoms with Gasteiger partial charge < -0.3 is 33.5 Å². The van der Waals surface area contributed by atoms with Crippen molar-refractivity contribution in [3.05, 3.63) is 108 Å². The van der Waals surface area contributed by atoms with E-state index in [2.05, 4.69) is 72.5 Å². The van der Waals surface area contributed by atoms with Crippen LogP contribution in [0.25, 0.3) is 43.9 Å². The summed E-state index contributed by atoms with van der Waals surface area (Å²) in [6, 6.07) is 12.4. The molecule has 2 atom stereocenters. The molecule has 74 heavy (non-hydrogen) atoms. The maximum Gasteiger partial charge on any atom is 0.159 e. The van der Waals surface area contributed by atoms with Crippen LogP contribution in [0.1, 0.15) is 25.0 Å². The largest absolute Gasteiger partial charge is 0.372 e. The van der Waals surface area contributed by atoms with Crippen molar-refractivity contribution in [3.8, 4) is 0 Å². The topological polar surface area (TPSA) is 116 Å². The number of halogens is 4. The van der Waals surface area contributed by atoms with Crippen molar-refractivity contribution in [2.75, 3.05) is 123 Å². The number of aromatic nitrogens is 8. The lowest BCUT2D eigenvalue weighted by Gasteiger charge is -2.36. The minimum atomic E-state index is -0.802.